The number of sulfonamides is 1. The number of halogens is 1. The second kappa shape index (κ2) is 6.26. The molecule has 1 aliphatic rings. The number of methoxy groups -OCH3 is 1. The maximum absolute atomic E-state index is 12.8. The summed E-state index contributed by atoms with van der Waals surface area (Å²) in [6, 6.07) is 4.91. The van der Waals surface area contributed by atoms with Crippen LogP contribution in [-0.2, 0) is 10.0 Å². The van der Waals surface area contributed by atoms with Gasteiger partial charge in [-0.1, -0.05) is 13.8 Å². The van der Waals surface area contributed by atoms with Crippen LogP contribution in [0.1, 0.15) is 33.1 Å². The molecular formula is C15H22BrNO3S. The van der Waals surface area contributed by atoms with Crippen molar-refractivity contribution in [3.05, 3.63) is 22.7 Å². The molecule has 0 spiro atoms. The van der Waals surface area contributed by atoms with E-state index in [1.54, 1.807) is 29.6 Å². The fraction of sp³-hybridized carbons (Fsp3) is 0.600. The molecule has 1 aromatic rings. The Morgan fingerprint density at radius 3 is 2.48 bits per heavy atom. The van der Waals surface area contributed by atoms with Gasteiger partial charge in [0.25, 0.3) is 0 Å². The van der Waals surface area contributed by atoms with E-state index >= 15 is 0 Å². The molecular weight excluding hydrogens is 354 g/mol. The zero-order valence-electron chi connectivity index (χ0n) is 12.7. The lowest BCUT2D eigenvalue weighted by Crippen LogP contribution is -2.31. The SMILES string of the molecule is CCC1(CC)CCN(S(=O)(=O)c2ccc(OC)c(Br)c2)C1. The van der Waals surface area contributed by atoms with Gasteiger partial charge in [0.15, 0.2) is 0 Å². The predicted molar refractivity (Wildman–Crippen MR) is 87.1 cm³/mol. The third-order valence-corrected chi connectivity index (χ3v) is 7.13. The molecule has 1 aliphatic heterocycles. The average Bonchev–Trinajstić information content (AvgIpc) is 2.93. The minimum absolute atomic E-state index is 0.136. The van der Waals surface area contributed by atoms with Crippen LogP contribution in [0.15, 0.2) is 27.6 Å². The first-order valence-corrected chi connectivity index (χ1v) is 9.45. The molecule has 6 heteroatoms. The van der Waals surface area contributed by atoms with Crippen LogP contribution in [0.5, 0.6) is 5.75 Å². The van der Waals surface area contributed by atoms with E-state index < -0.39 is 10.0 Å². The van der Waals surface area contributed by atoms with Gasteiger partial charge in [-0.3, -0.25) is 0 Å². The Morgan fingerprint density at radius 1 is 1.33 bits per heavy atom. The summed E-state index contributed by atoms with van der Waals surface area (Å²) >= 11 is 3.35. The van der Waals surface area contributed by atoms with Gasteiger partial charge in [0.05, 0.1) is 16.5 Å². The summed E-state index contributed by atoms with van der Waals surface area (Å²) in [5.41, 5.74) is 0.136. The average molecular weight is 376 g/mol. The molecule has 0 saturated carbocycles. The summed E-state index contributed by atoms with van der Waals surface area (Å²) in [6.07, 6.45) is 2.97. The first kappa shape index (κ1) is 16.8. The lowest BCUT2D eigenvalue weighted by atomic mass is 9.82. The van der Waals surface area contributed by atoms with E-state index in [1.165, 1.54) is 0 Å². The maximum Gasteiger partial charge on any atom is 0.243 e. The molecule has 1 fully saturated rings. The van der Waals surface area contributed by atoms with E-state index in [2.05, 4.69) is 29.8 Å². The highest BCUT2D eigenvalue weighted by Crippen LogP contribution is 2.39. The molecule has 0 aliphatic carbocycles. The summed E-state index contributed by atoms with van der Waals surface area (Å²) in [5.74, 6) is 0.631. The van der Waals surface area contributed by atoms with Crippen molar-refractivity contribution in [2.75, 3.05) is 20.2 Å². The van der Waals surface area contributed by atoms with Gasteiger partial charge < -0.3 is 4.74 Å². The van der Waals surface area contributed by atoms with Crippen molar-refractivity contribution in [2.24, 2.45) is 5.41 Å². The van der Waals surface area contributed by atoms with E-state index in [9.17, 15) is 8.42 Å². The van der Waals surface area contributed by atoms with E-state index in [-0.39, 0.29) is 5.41 Å². The van der Waals surface area contributed by atoms with E-state index in [1.807, 2.05) is 0 Å². The van der Waals surface area contributed by atoms with Crippen LogP contribution in [-0.4, -0.2) is 32.9 Å². The first-order chi connectivity index (χ1) is 9.88. The number of benzene rings is 1. The molecule has 0 bridgehead atoms. The van der Waals surface area contributed by atoms with Gasteiger partial charge in [-0.2, -0.15) is 4.31 Å². The van der Waals surface area contributed by atoms with Crippen molar-refractivity contribution in [1.82, 2.24) is 4.31 Å². The highest BCUT2D eigenvalue weighted by Gasteiger charge is 2.40. The lowest BCUT2D eigenvalue weighted by molar-refractivity contribution is 0.279. The van der Waals surface area contributed by atoms with Gasteiger partial charge in [-0.15, -0.1) is 0 Å². The molecule has 21 heavy (non-hydrogen) atoms. The zero-order valence-corrected chi connectivity index (χ0v) is 15.1. The largest absolute Gasteiger partial charge is 0.496 e. The third-order valence-electron chi connectivity index (χ3n) is 4.66. The van der Waals surface area contributed by atoms with Gasteiger partial charge in [-0.05, 0) is 58.8 Å². The lowest BCUT2D eigenvalue weighted by Gasteiger charge is -2.26. The van der Waals surface area contributed by atoms with Crippen molar-refractivity contribution in [3.63, 3.8) is 0 Å². The van der Waals surface area contributed by atoms with Gasteiger partial charge >= 0.3 is 0 Å². The Labute approximate surface area is 135 Å². The van der Waals surface area contributed by atoms with E-state index in [0.29, 0.717) is 28.2 Å². The number of hydrogen-bond donors (Lipinski definition) is 0. The predicted octanol–water partition coefficient (Wildman–Crippen LogP) is 3.66. The van der Waals surface area contributed by atoms with Crippen molar-refractivity contribution < 1.29 is 13.2 Å². The molecule has 1 saturated heterocycles. The molecule has 0 radical (unpaired) electrons. The van der Waals surface area contributed by atoms with Gasteiger partial charge in [0.2, 0.25) is 10.0 Å². The first-order valence-electron chi connectivity index (χ1n) is 7.22. The standard InChI is InChI=1S/C15H22BrNO3S/c1-4-15(5-2)8-9-17(11-15)21(18,19)12-6-7-14(20-3)13(16)10-12/h6-7,10H,4-5,8-9,11H2,1-3H3. The second-order valence-corrected chi connectivity index (χ2v) is 8.38. The van der Waals surface area contributed by atoms with Crippen molar-refractivity contribution in [1.29, 1.82) is 0 Å². The van der Waals surface area contributed by atoms with E-state index in [4.69, 9.17) is 4.74 Å². The Kier molecular flexibility index (Phi) is 5.00. The molecule has 4 nitrogen and oxygen atoms in total. The summed E-state index contributed by atoms with van der Waals surface area (Å²) in [4.78, 5) is 0.318. The molecule has 118 valence electrons. The summed E-state index contributed by atoms with van der Waals surface area (Å²) in [7, 11) is -1.87. The number of nitrogens with zero attached hydrogens (tertiary/aromatic N) is 1. The van der Waals surface area contributed by atoms with Crippen molar-refractivity contribution in [3.8, 4) is 5.75 Å². The highest BCUT2D eigenvalue weighted by atomic mass is 79.9. The van der Waals surface area contributed by atoms with Crippen LogP contribution in [0.2, 0.25) is 0 Å². The Bertz CT molecular complexity index is 611. The summed E-state index contributed by atoms with van der Waals surface area (Å²) < 4.78 is 33.0. The van der Waals surface area contributed by atoms with Crippen LogP contribution in [0.25, 0.3) is 0 Å². The third kappa shape index (κ3) is 3.12. The van der Waals surface area contributed by atoms with Gasteiger partial charge in [0.1, 0.15) is 5.75 Å². The van der Waals surface area contributed by atoms with Crippen LogP contribution >= 0.6 is 15.9 Å². The molecule has 1 heterocycles. The topological polar surface area (TPSA) is 46.6 Å². The fourth-order valence-corrected chi connectivity index (χ4v) is 5.16. The van der Waals surface area contributed by atoms with Crippen molar-refractivity contribution >= 4 is 26.0 Å². The molecule has 1 aromatic carbocycles. The van der Waals surface area contributed by atoms with Crippen LogP contribution in [0.3, 0.4) is 0 Å². The Morgan fingerprint density at radius 2 is 2.00 bits per heavy atom. The highest BCUT2D eigenvalue weighted by molar-refractivity contribution is 9.10. The zero-order chi connectivity index (χ0) is 15.7. The smallest absolute Gasteiger partial charge is 0.243 e. The second-order valence-electron chi connectivity index (χ2n) is 5.59. The number of ether oxygens (including phenoxy) is 1. The number of hydrogen-bond acceptors (Lipinski definition) is 3. The molecule has 0 unspecified atom stereocenters. The monoisotopic (exact) mass is 375 g/mol. The van der Waals surface area contributed by atoms with Crippen molar-refractivity contribution in [2.45, 2.75) is 38.0 Å². The van der Waals surface area contributed by atoms with E-state index in [0.717, 1.165) is 19.3 Å². The fourth-order valence-electron chi connectivity index (χ4n) is 2.88. The van der Waals surface area contributed by atoms with Gasteiger partial charge in [0, 0.05) is 13.1 Å². The van der Waals surface area contributed by atoms with Gasteiger partial charge in [-0.25, -0.2) is 8.42 Å². The molecule has 2 rings (SSSR count). The summed E-state index contributed by atoms with van der Waals surface area (Å²) in [5, 5.41) is 0. The normalized spacial score (nSPS) is 18.9. The minimum atomic E-state index is -3.43. The Hall–Kier alpha value is -0.590. The maximum atomic E-state index is 12.8. The van der Waals surface area contributed by atoms with Crippen LogP contribution < -0.4 is 4.74 Å². The minimum Gasteiger partial charge on any atom is -0.496 e. The molecule has 0 atom stereocenters. The molecule has 0 N–H and O–H groups in total. The molecule has 0 amide bonds. The number of rotatable bonds is 5. The van der Waals surface area contributed by atoms with Crippen LogP contribution in [0, 0.1) is 5.41 Å². The molecule has 0 aromatic heterocycles. The Balaban J connectivity index is 2.29. The van der Waals surface area contributed by atoms with Crippen LogP contribution in [0.4, 0.5) is 0 Å². The quantitative estimate of drug-likeness (QED) is 0.788. The summed E-state index contributed by atoms with van der Waals surface area (Å²) in [6.45, 7) is 5.51.